The molecule has 134 valence electrons. The maximum atomic E-state index is 12.1. The minimum Gasteiger partial charge on any atom is -0.352 e. The summed E-state index contributed by atoms with van der Waals surface area (Å²) in [6, 6.07) is 9.82. The molecule has 3 rings (SSSR count). The second-order valence-corrected chi connectivity index (χ2v) is 6.69. The highest BCUT2D eigenvalue weighted by Gasteiger charge is 2.07. The first-order valence-corrected chi connectivity index (χ1v) is 8.85. The van der Waals surface area contributed by atoms with Crippen LogP contribution in [0.1, 0.15) is 23.1 Å². The number of hydrogen-bond donors (Lipinski definition) is 1. The Kier molecular flexibility index (Phi) is 5.68. The molecule has 0 spiro atoms. The molecular weight excluding hydrogens is 348 g/mol. The fourth-order valence-corrected chi connectivity index (χ4v) is 2.91. The molecule has 0 aliphatic carbocycles. The molecule has 0 saturated carbocycles. The summed E-state index contributed by atoms with van der Waals surface area (Å²) in [4.78, 5) is 16.4. The molecule has 1 amide bonds. The van der Waals surface area contributed by atoms with E-state index < -0.39 is 0 Å². The fourth-order valence-electron chi connectivity index (χ4n) is 2.79. The average molecular weight is 369 g/mol. The Balaban J connectivity index is 1.54. The Bertz CT molecular complexity index is 920. The summed E-state index contributed by atoms with van der Waals surface area (Å²) in [7, 11) is 1.89. The summed E-state index contributed by atoms with van der Waals surface area (Å²) in [5, 5.41) is 7.88. The highest BCUT2D eigenvalue weighted by molar-refractivity contribution is 6.31. The smallest absolute Gasteiger partial charge is 0.220 e. The third-order valence-electron chi connectivity index (χ3n) is 4.26. The van der Waals surface area contributed by atoms with Gasteiger partial charge >= 0.3 is 0 Å². The number of benzene rings is 1. The summed E-state index contributed by atoms with van der Waals surface area (Å²) in [5.41, 5.74) is 5.07. The third kappa shape index (κ3) is 4.49. The van der Waals surface area contributed by atoms with Gasteiger partial charge in [-0.2, -0.15) is 5.10 Å². The van der Waals surface area contributed by atoms with E-state index in [0.717, 1.165) is 33.0 Å². The van der Waals surface area contributed by atoms with Crippen molar-refractivity contribution in [3.8, 4) is 11.3 Å². The van der Waals surface area contributed by atoms with Crippen LogP contribution in [0.5, 0.6) is 0 Å². The lowest BCUT2D eigenvalue weighted by Gasteiger charge is -2.08. The summed E-state index contributed by atoms with van der Waals surface area (Å²) in [6.45, 7) is 2.42. The number of nitrogens with zero attached hydrogens (tertiary/aromatic N) is 3. The lowest BCUT2D eigenvalue weighted by atomic mass is 10.1. The van der Waals surface area contributed by atoms with E-state index in [1.165, 1.54) is 0 Å². The van der Waals surface area contributed by atoms with Crippen molar-refractivity contribution in [3.05, 3.63) is 70.6 Å². The monoisotopic (exact) mass is 368 g/mol. The number of aromatic nitrogens is 3. The number of hydrogen-bond acceptors (Lipinski definition) is 3. The first-order valence-electron chi connectivity index (χ1n) is 8.47. The molecule has 0 atom stereocenters. The van der Waals surface area contributed by atoms with Gasteiger partial charge in [0, 0.05) is 49.2 Å². The molecule has 1 N–H and O–H groups in total. The van der Waals surface area contributed by atoms with Crippen molar-refractivity contribution in [1.29, 1.82) is 0 Å². The van der Waals surface area contributed by atoms with Crippen molar-refractivity contribution in [2.24, 2.45) is 7.05 Å². The molecular formula is C20H21ClN4O. The van der Waals surface area contributed by atoms with Gasteiger partial charge in [-0.15, -0.1) is 0 Å². The number of rotatable bonds is 6. The van der Waals surface area contributed by atoms with Crippen LogP contribution in [0.2, 0.25) is 5.02 Å². The molecule has 0 unspecified atom stereocenters. The van der Waals surface area contributed by atoms with Gasteiger partial charge in [0.05, 0.1) is 5.69 Å². The predicted molar refractivity (Wildman–Crippen MR) is 103 cm³/mol. The SMILES string of the molecule is Cc1cc(CCC(=O)NCc2cncc(-c3ccnn3C)c2)ccc1Cl. The number of amides is 1. The zero-order valence-corrected chi connectivity index (χ0v) is 15.6. The molecule has 0 bridgehead atoms. The molecule has 6 heteroatoms. The summed E-state index contributed by atoms with van der Waals surface area (Å²) in [6.07, 6.45) is 6.45. The number of aryl methyl sites for hydroxylation is 3. The van der Waals surface area contributed by atoms with Gasteiger partial charge in [-0.3, -0.25) is 14.5 Å². The Morgan fingerprint density at radius 1 is 1.19 bits per heavy atom. The molecule has 5 nitrogen and oxygen atoms in total. The quantitative estimate of drug-likeness (QED) is 0.721. The van der Waals surface area contributed by atoms with E-state index in [-0.39, 0.29) is 5.91 Å². The van der Waals surface area contributed by atoms with E-state index in [4.69, 9.17) is 11.6 Å². The summed E-state index contributed by atoms with van der Waals surface area (Å²) in [5.74, 6) is 0.0172. The molecule has 26 heavy (non-hydrogen) atoms. The summed E-state index contributed by atoms with van der Waals surface area (Å²) >= 11 is 6.03. The van der Waals surface area contributed by atoms with Crippen molar-refractivity contribution in [2.45, 2.75) is 26.3 Å². The fraction of sp³-hybridized carbons (Fsp3) is 0.250. The van der Waals surface area contributed by atoms with Crippen LogP contribution in [0.25, 0.3) is 11.3 Å². The van der Waals surface area contributed by atoms with Crippen LogP contribution in [0.15, 0.2) is 48.9 Å². The van der Waals surface area contributed by atoms with Crippen LogP contribution in [0, 0.1) is 6.92 Å². The molecule has 0 radical (unpaired) electrons. The largest absolute Gasteiger partial charge is 0.352 e. The molecule has 0 aliphatic rings. The van der Waals surface area contributed by atoms with Crippen molar-refractivity contribution in [3.63, 3.8) is 0 Å². The number of halogens is 1. The van der Waals surface area contributed by atoms with E-state index >= 15 is 0 Å². The van der Waals surface area contributed by atoms with Crippen molar-refractivity contribution < 1.29 is 4.79 Å². The zero-order valence-electron chi connectivity index (χ0n) is 14.9. The zero-order chi connectivity index (χ0) is 18.5. The first-order chi connectivity index (χ1) is 12.5. The van der Waals surface area contributed by atoms with E-state index in [9.17, 15) is 4.79 Å². The number of nitrogens with one attached hydrogen (secondary N) is 1. The standard InChI is InChI=1S/C20H21ClN4O/c1-14-9-15(3-5-18(14)21)4-6-20(26)23-12-16-10-17(13-22-11-16)19-7-8-24-25(19)2/h3,5,7-11,13H,4,6,12H2,1-2H3,(H,23,26). The topological polar surface area (TPSA) is 59.8 Å². The van der Waals surface area contributed by atoms with Crippen LogP contribution in [0.4, 0.5) is 0 Å². The van der Waals surface area contributed by atoms with E-state index in [0.29, 0.717) is 19.4 Å². The number of pyridine rings is 1. The molecule has 2 heterocycles. The highest BCUT2D eigenvalue weighted by atomic mass is 35.5. The van der Waals surface area contributed by atoms with Gasteiger partial charge in [-0.25, -0.2) is 0 Å². The van der Waals surface area contributed by atoms with Gasteiger partial charge < -0.3 is 5.32 Å². The van der Waals surface area contributed by atoms with Crippen LogP contribution in [-0.4, -0.2) is 20.7 Å². The second-order valence-electron chi connectivity index (χ2n) is 6.28. The van der Waals surface area contributed by atoms with Gasteiger partial charge in [-0.1, -0.05) is 23.7 Å². The lowest BCUT2D eigenvalue weighted by molar-refractivity contribution is -0.121. The second kappa shape index (κ2) is 8.15. The van der Waals surface area contributed by atoms with Gasteiger partial charge in [0.1, 0.15) is 0 Å². The highest BCUT2D eigenvalue weighted by Crippen LogP contribution is 2.19. The van der Waals surface area contributed by atoms with Crippen LogP contribution in [0.3, 0.4) is 0 Å². The van der Waals surface area contributed by atoms with Crippen molar-refractivity contribution in [2.75, 3.05) is 0 Å². The Morgan fingerprint density at radius 2 is 2.04 bits per heavy atom. The molecule has 3 aromatic rings. The van der Waals surface area contributed by atoms with Gasteiger partial charge in [0.25, 0.3) is 0 Å². The average Bonchev–Trinajstić information content (AvgIpc) is 3.07. The van der Waals surface area contributed by atoms with Crippen LogP contribution >= 0.6 is 11.6 Å². The Hall–Kier alpha value is -2.66. The van der Waals surface area contributed by atoms with E-state index in [1.54, 1.807) is 23.3 Å². The van der Waals surface area contributed by atoms with E-state index in [2.05, 4.69) is 15.4 Å². The van der Waals surface area contributed by atoms with Crippen molar-refractivity contribution in [1.82, 2.24) is 20.1 Å². The van der Waals surface area contributed by atoms with E-state index in [1.807, 2.05) is 44.3 Å². The third-order valence-corrected chi connectivity index (χ3v) is 4.69. The minimum absolute atomic E-state index is 0.0172. The van der Waals surface area contributed by atoms with Crippen LogP contribution < -0.4 is 5.32 Å². The maximum Gasteiger partial charge on any atom is 0.220 e. The molecule has 0 saturated heterocycles. The normalized spacial score (nSPS) is 10.7. The Labute approximate surface area is 158 Å². The van der Waals surface area contributed by atoms with Crippen molar-refractivity contribution >= 4 is 17.5 Å². The van der Waals surface area contributed by atoms with Gasteiger partial charge in [0.2, 0.25) is 5.91 Å². The molecule has 0 fully saturated rings. The molecule has 0 aliphatic heterocycles. The van der Waals surface area contributed by atoms with Gasteiger partial charge in [0.15, 0.2) is 0 Å². The minimum atomic E-state index is 0.0172. The van der Waals surface area contributed by atoms with Crippen LogP contribution in [-0.2, 0) is 24.8 Å². The maximum absolute atomic E-state index is 12.1. The summed E-state index contributed by atoms with van der Waals surface area (Å²) < 4.78 is 1.80. The number of carbonyl (C=O) groups is 1. The molecule has 1 aromatic carbocycles. The lowest BCUT2D eigenvalue weighted by Crippen LogP contribution is -2.23. The first kappa shape index (κ1) is 18.1. The number of carbonyl (C=O) groups excluding carboxylic acids is 1. The van der Waals surface area contributed by atoms with Gasteiger partial charge in [-0.05, 0) is 48.2 Å². The Morgan fingerprint density at radius 3 is 2.77 bits per heavy atom. The molecule has 2 aromatic heterocycles. The predicted octanol–water partition coefficient (Wildman–Crippen LogP) is 3.69.